The van der Waals surface area contributed by atoms with Crippen LogP contribution in [0.1, 0.15) is 58.9 Å². The fraction of sp³-hybridized carbons (Fsp3) is 0.325. The first-order valence-corrected chi connectivity index (χ1v) is 19.5. The van der Waals surface area contributed by atoms with Gasteiger partial charge in [-0.25, -0.2) is 27.0 Å². The fourth-order valence-electron chi connectivity index (χ4n) is 5.60. The van der Waals surface area contributed by atoms with Crippen LogP contribution in [0.3, 0.4) is 0 Å². The molecule has 2 heterocycles. The monoisotopic (exact) mass is 773 g/mol. The van der Waals surface area contributed by atoms with Crippen LogP contribution in [-0.4, -0.2) is 60.6 Å². The number of amides is 2. The van der Waals surface area contributed by atoms with E-state index in [0.29, 0.717) is 16.9 Å². The molecule has 2 aromatic heterocycles. The number of anilines is 3. The molecule has 2 unspecified atom stereocenters. The Balaban J connectivity index is 1.46. The van der Waals surface area contributed by atoms with Crippen LogP contribution >= 0.6 is 0 Å². The summed E-state index contributed by atoms with van der Waals surface area (Å²) in [5, 5.41) is 7.48. The predicted molar refractivity (Wildman–Crippen MR) is 205 cm³/mol. The summed E-state index contributed by atoms with van der Waals surface area (Å²) in [6.07, 6.45) is 0.878. The summed E-state index contributed by atoms with van der Waals surface area (Å²) >= 11 is 0. The first-order chi connectivity index (χ1) is 26.0. The number of pyridine rings is 1. The topological polar surface area (TPSA) is 158 Å². The molecule has 5 rings (SSSR count). The van der Waals surface area contributed by atoms with Crippen molar-refractivity contribution in [1.29, 1.82) is 0 Å². The van der Waals surface area contributed by atoms with Crippen molar-refractivity contribution in [2.45, 2.75) is 64.6 Å². The van der Waals surface area contributed by atoms with Gasteiger partial charge < -0.3 is 19.5 Å². The average molecular weight is 774 g/mol. The Kier molecular flexibility index (Phi) is 12.5. The van der Waals surface area contributed by atoms with Crippen molar-refractivity contribution in [2.24, 2.45) is 11.8 Å². The summed E-state index contributed by atoms with van der Waals surface area (Å²) in [6, 6.07) is 20.5. The van der Waals surface area contributed by atoms with Gasteiger partial charge in [-0.15, -0.1) is 5.10 Å². The number of carbonyl (C=O) groups is 3. The molecule has 13 nitrogen and oxygen atoms in total. The third kappa shape index (κ3) is 10.2. The zero-order valence-electron chi connectivity index (χ0n) is 31.6. The van der Waals surface area contributed by atoms with Gasteiger partial charge in [0.05, 0.1) is 23.6 Å². The summed E-state index contributed by atoms with van der Waals surface area (Å²) in [4.78, 5) is 45.2. The number of sulfone groups is 1. The number of esters is 1. The zero-order chi connectivity index (χ0) is 40.0. The lowest BCUT2D eigenvalue weighted by atomic mass is 10.00. The minimum absolute atomic E-state index is 0.0104. The van der Waals surface area contributed by atoms with Crippen LogP contribution in [0.4, 0.5) is 26.5 Å². The Morgan fingerprint density at radius 3 is 2.16 bits per heavy atom. The number of benzene rings is 3. The number of methoxy groups -OCH3 is 1. The Hall–Kier alpha value is -5.83. The number of ether oxygens (including phenoxy) is 3. The van der Waals surface area contributed by atoms with Gasteiger partial charge in [-0.3, -0.25) is 9.59 Å². The van der Waals surface area contributed by atoms with Crippen molar-refractivity contribution in [1.82, 2.24) is 14.6 Å². The van der Waals surface area contributed by atoms with Crippen molar-refractivity contribution in [3.63, 3.8) is 0 Å². The van der Waals surface area contributed by atoms with E-state index in [9.17, 15) is 27.2 Å². The third-order valence-corrected chi connectivity index (χ3v) is 9.62. The maximum Gasteiger partial charge on any atom is 0.424 e. The predicted octanol–water partition coefficient (Wildman–Crippen LogP) is 7.93. The molecular formula is C40H44FN5O8S. The van der Waals surface area contributed by atoms with Crippen molar-refractivity contribution in [2.75, 3.05) is 23.6 Å². The van der Waals surface area contributed by atoms with Crippen LogP contribution < -0.4 is 15.0 Å². The van der Waals surface area contributed by atoms with Gasteiger partial charge in [-0.2, -0.15) is 4.98 Å². The van der Waals surface area contributed by atoms with Crippen molar-refractivity contribution < 1.29 is 41.4 Å². The van der Waals surface area contributed by atoms with E-state index in [4.69, 9.17) is 14.2 Å². The van der Waals surface area contributed by atoms with Gasteiger partial charge >= 0.3 is 12.1 Å². The third-order valence-electron chi connectivity index (χ3n) is 8.51. The van der Waals surface area contributed by atoms with Crippen LogP contribution in [0.2, 0.25) is 0 Å². The highest BCUT2D eigenvalue weighted by Crippen LogP contribution is 2.36. The van der Waals surface area contributed by atoms with Gasteiger partial charge in [0.15, 0.2) is 15.5 Å². The van der Waals surface area contributed by atoms with E-state index < -0.39 is 34.1 Å². The van der Waals surface area contributed by atoms with Crippen molar-refractivity contribution in [3.05, 3.63) is 96.4 Å². The van der Waals surface area contributed by atoms with Gasteiger partial charge in [0, 0.05) is 42.6 Å². The Morgan fingerprint density at radius 1 is 0.873 bits per heavy atom. The van der Waals surface area contributed by atoms with Crippen LogP contribution in [0.5, 0.6) is 5.75 Å². The molecular weight excluding hydrogens is 730 g/mol. The number of fused-ring (bicyclic) bond motifs is 1. The minimum atomic E-state index is -3.64. The molecule has 15 heteroatoms. The molecule has 0 radical (unpaired) electrons. The molecule has 2 atom stereocenters. The van der Waals surface area contributed by atoms with E-state index in [1.54, 1.807) is 43.5 Å². The highest BCUT2D eigenvalue weighted by atomic mass is 32.2. The molecule has 0 saturated heterocycles. The number of hydrogen-bond acceptors (Lipinski definition) is 10. The second kappa shape index (κ2) is 17.1. The summed E-state index contributed by atoms with van der Waals surface area (Å²) in [5.74, 6) is -1.74. The standard InChI is InChI=1S/C40H44FN5O8S/c1-24(2)20-36(47)53-37(21-25(3)4)54-40(49)46(33-18-17-32(55(7,50)51)22-34(33)52-6)39-43-35-19-12-29(23-45(35)44-39)28-10-15-31(16-11-28)42-38(48)26(5)27-8-13-30(41)14-9-27/h8-19,22-26,37H,20-21H2,1-7H3,(H,42,48). The molecule has 0 spiro atoms. The van der Waals surface area contributed by atoms with Crippen LogP contribution in [-0.2, 0) is 28.9 Å². The highest BCUT2D eigenvalue weighted by molar-refractivity contribution is 7.90. The molecule has 0 aliphatic heterocycles. The Morgan fingerprint density at radius 2 is 1.55 bits per heavy atom. The van der Waals surface area contributed by atoms with Gasteiger partial charge in [-0.1, -0.05) is 52.0 Å². The molecule has 0 fully saturated rings. The SMILES string of the molecule is COc1cc(S(C)(=O)=O)ccc1N(C(=O)OC(CC(C)C)OC(=O)CC(C)C)c1nc2ccc(-c3ccc(NC(=O)C(C)c4ccc(F)cc4)cc3)cn2n1. The number of rotatable bonds is 14. The lowest BCUT2D eigenvalue weighted by Gasteiger charge is -2.25. The molecule has 0 aliphatic rings. The maximum atomic E-state index is 14.1. The van der Waals surface area contributed by atoms with Crippen LogP contribution in [0, 0.1) is 17.7 Å². The smallest absolute Gasteiger partial charge is 0.424 e. The molecule has 2 amide bonds. The van der Waals surface area contributed by atoms with E-state index in [-0.39, 0.29) is 58.7 Å². The number of halogens is 1. The second-order valence-electron chi connectivity index (χ2n) is 13.9. The molecule has 3 aromatic carbocycles. The van der Waals surface area contributed by atoms with E-state index in [1.807, 2.05) is 45.9 Å². The highest BCUT2D eigenvalue weighted by Gasteiger charge is 2.32. The Labute approximate surface area is 319 Å². The number of carbonyl (C=O) groups excluding carboxylic acids is 3. The van der Waals surface area contributed by atoms with Crippen LogP contribution in [0.25, 0.3) is 16.8 Å². The quantitative estimate of drug-likeness (QED) is 0.0868. The molecule has 290 valence electrons. The van der Waals surface area contributed by atoms with Gasteiger partial charge in [0.25, 0.3) is 5.95 Å². The summed E-state index contributed by atoms with van der Waals surface area (Å²) in [5.41, 5.74) is 3.23. The van der Waals surface area contributed by atoms with Gasteiger partial charge in [0.1, 0.15) is 11.6 Å². The lowest BCUT2D eigenvalue weighted by molar-refractivity contribution is -0.170. The van der Waals surface area contributed by atoms with E-state index in [1.165, 1.54) is 42.0 Å². The molecule has 1 N–H and O–H groups in total. The summed E-state index contributed by atoms with van der Waals surface area (Å²) < 4.78 is 56.5. The summed E-state index contributed by atoms with van der Waals surface area (Å²) in [6.45, 7) is 9.27. The molecule has 5 aromatic rings. The van der Waals surface area contributed by atoms with Gasteiger partial charge in [-0.05, 0) is 78.4 Å². The first-order valence-electron chi connectivity index (χ1n) is 17.6. The van der Waals surface area contributed by atoms with Crippen LogP contribution in [0.15, 0.2) is 90.0 Å². The van der Waals surface area contributed by atoms with Crippen molar-refractivity contribution in [3.8, 4) is 16.9 Å². The average Bonchev–Trinajstić information content (AvgIpc) is 3.53. The second-order valence-corrected chi connectivity index (χ2v) is 16.0. The molecule has 0 bridgehead atoms. The minimum Gasteiger partial charge on any atom is -0.495 e. The van der Waals surface area contributed by atoms with E-state index in [2.05, 4.69) is 15.4 Å². The number of aromatic nitrogens is 3. The number of nitrogens with one attached hydrogen (secondary N) is 1. The lowest BCUT2D eigenvalue weighted by Crippen LogP contribution is -2.34. The molecule has 0 aliphatic carbocycles. The van der Waals surface area contributed by atoms with Crippen molar-refractivity contribution >= 4 is 50.8 Å². The Bertz CT molecular complexity index is 2280. The van der Waals surface area contributed by atoms with E-state index >= 15 is 0 Å². The zero-order valence-corrected chi connectivity index (χ0v) is 32.5. The fourth-order valence-corrected chi connectivity index (χ4v) is 6.23. The molecule has 55 heavy (non-hydrogen) atoms. The largest absolute Gasteiger partial charge is 0.495 e. The normalized spacial score (nSPS) is 12.7. The maximum absolute atomic E-state index is 14.1. The van der Waals surface area contributed by atoms with E-state index in [0.717, 1.165) is 22.3 Å². The molecule has 0 saturated carbocycles. The number of nitrogens with zero attached hydrogens (tertiary/aromatic N) is 4. The number of hydrogen-bond donors (Lipinski definition) is 1. The summed E-state index contributed by atoms with van der Waals surface area (Å²) in [7, 11) is -2.31. The van der Waals surface area contributed by atoms with Gasteiger partial charge in [0.2, 0.25) is 12.2 Å². The first kappa shape index (κ1) is 40.4.